The van der Waals surface area contributed by atoms with Gasteiger partial charge in [0.25, 0.3) is 0 Å². The molecule has 2 aromatic rings. The van der Waals surface area contributed by atoms with Crippen LogP contribution in [0.2, 0.25) is 0 Å². The van der Waals surface area contributed by atoms with E-state index in [0.717, 1.165) is 32.4 Å². The number of aromatic amines is 1. The number of alkyl halides is 3. The standard InChI is InChI=1S/C18H21Cl3N2/c1-2-11-10-23-8-7-13-12-5-3-4-6-15(12)22-17(13)16(23)9-14(11)18(19,20)21/h3-6,11,14,16,22H,2,7-10H2,1H3/t11-,14-,16+/m0/s1. The van der Waals surface area contributed by atoms with Crippen molar-refractivity contribution in [3.05, 3.63) is 35.5 Å². The fraction of sp³-hybridized carbons (Fsp3) is 0.556. The van der Waals surface area contributed by atoms with Crippen LogP contribution in [0.3, 0.4) is 0 Å². The Morgan fingerprint density at radius 2 is 2.04 bits per heavy atom. The van der Waals surface area contributed by atoms with Crippen LogP contribution < -0.4 is 0 Å². The lowest BCUT2D eigenvalue weighted by Gasteiger charge is -2.48. The predicted octanol–water partition coefficient (Wildman–Crippen LogP) is 5.48. The maximum Gasteiger partial charge on any atom is 0.193 e. The van der Waals surface area contributed by atoms with E-state index < -0.39 is 3.79 Å². The largest absolute Gasteiger partial charge is 0.357 e. The first-order valence-electron chi connectivity index (χ1n) is 8.39. The third kappa shape index (κ3) is 2.68. The Balaban J connectivity index is 1.75. The summed E-state index contributed by atoms with van der Waals surface area (Å²) < 4.78 is -1.18. The van der Waals surface area contributed by atoms with Gasteiger partial charge in [0, 0.05) is 35.6 Å². The van der Waals surface area contributed by atoms with E-state index in [-0.39, 0.29) is 5.92 Å². The van der Waals surface area contributed by atoms with Gasteiger partial charge >= 0.3 is 0 Å². The minimum Gasteiger partial charge on any atom is -0.357 e. The van der Waals surface area contributed by atoms with Crippen molar-refractivity contribution in [1.82, 2.24) is 9.88 Å². The Morgan fingerprint density at radius 1 is 1.26 bits per heavy atom. The molecular weight excluding hydrogens is 351 g/mol. The molecule has 1 fully saturated rings. The first-order chi connectivity index (χ1) is 11.0. The van der Waals surface area contributed by atoms with Gasteiger partial charge in [0.05, 0.1) is 6.04 Å². The van der Waals surface area contributed by atoms with Crippen molar-refractivity contribution in [2.24, 2.45) is 11.8 Å². The zero-order chi connectivity index (χ0) is 16.2. The Morgan fingerprint density at radius 3 is 2.78 bits per heavy atom. The number of aromatic nitrogens is 1. The second-order valence-electron chi connectivity index (χ2n) is 6.88. The summed E-state index contributed by atoms with van der Waals surface area (Å²) in [6, 6.07) is 8.91. The maximum atomic E-state index is 6.32. The molecule has 1 aromatic carbocycles. The van der Waals surface area contributed by atoms with E-state index >= 15 is 0 Å². The first-order valence-corrected chi connectivity index (χ1v) is 9.52. The lowest BCUT2D eigenvalue weighted by molar-refractivity contribution is 0.0519. The molecule has 0 aliphatic carbocycles. The predicted molar refractivity (Wildman–Crippen MR) is 98.5 cm³/mol. The van der Waals surface area contributed by atoms with Crippen LogP contribution in [-0.2, 0) is 6.42 Å². The van der Waals surface area contributed by atoms with Crippen LogP contribution in [0.25, 0.3) is 10.9 Å². The molecule has 0 spiro atoms. The second-order valence-corrected chi connectivity index (χ2v) is 9.24. The average Bonchev–Trinajstić information content (AvgIpc) is 2.91. The molecule has 0 radical (unpaired) electrons. The molecule has 0 saturated carbocycles. The molecule has 0 amide bonds. The van der Waals surface area contributed by atoms with Gasteiger partial charge in [-0.1, -0.05) is 66.3 Å². The zero-order valence-electron chi connectivity index (χ0n) is 13.2. The molecular formula is C18H21Cl3N2. The van der Waals surface area contributed by atoms with E-state index in [4.69, 9.17) is 34.8 Å². The highest BCUT2D eigenvalue weighted by atomic mass is 35.6. The monoisotopic (exact) mass is 370 g/mol. The third-order valence-corrected chi connectivity index (χ3v) is 6.57. The van der Waals surface area contributed by atoms with Crippen LogP contribution in [0, 0.1) is 11.8 Å². The van der Waals surface area contributed by atoms with Crippen molar-refractivity contribution in [3.63, 3.8) is 0 Å². The highest BCUT2D eigenvalue weighted by Crippen LogP contribution is 2.51. The van der Waals surface area contributed by atoms with Gasteiger partial charge in [-0.05, 0) is 30.4 Å². The summed E-state index contributed by atoms with van der Waals surface area (Å²) >= 11 is 19.0. The van der Waals surface area contributed by atoms with Crippen LogP contribution in [0.1, 0.15) is 37.1 Å². The van der Waals surface area contributed by atoms with Crippen LogP contribution >= 0.6 is 34.8 Å². The molecule has 2 aliphatic heterocycles. The number of piperidine rings is 1. The van der Waals surface area contributed by atoms with Crippen molar-refractivity contribution in [3.8, 4) is 0 Å². The number of rotatable bonds is 1. The van der Waals surface area contributed by atoms with Crippen LogP contribution in [0.4, 0.5) is 0 Å². The van der Waals surface area contributed by atoms with Gasteiger partial charge in [-0.15, -0.1) is 0 Å². The van der Waals surface area contributed by atoms with Gasteiger partial charge in [-0.25, -0.2) is 0 Å². The summed E-state index contributed by atoms with van der Waals surface area (Å²) in [5.74, 6) is 0.556. The number of nitrogens with zero attached hydrogens (tertiary/aromatic N) is 1. The number of halogens is 3. The van der Waals surface area contributed by atoms with E-state index in [9.17, 15) is 0 Å². The average molecular weight is 372 g/mol. The second kappa shape index (κ2) is 5.84. The summed E-state index contributed by atoms with van der Waals surface area (Å²) in [5.41, 5.74) is 4.02. The fourth-order valence-corrected chi connectivity index (χ4v) is 5.33. The molecule has 3 atom stereocenters. The van der Waals surface area contributed by atoms with E-state index in [1.165, 1.54) is 22.2 Å². The van der Waals surface area contributed by atoms with E-state index in [1.807, 2.05) is 0 Å². The Kier molecular flexibility index (Phi) is 4.08. The lowest BCUT2D eigenvalue weighted by atomic mass is 9.78. The number of nitrogens with one attached hydrogen (secondary N) is 1. The molecule has 23 heavy (non-hydrogen) atoms. The number of fused-ring (bicyclic) bond motifs is 5. The first kappa shape index (κ1) is 16.1. The molecule has 1 saturated heterocycles. The van der Waals surface area contributed by atoms with Crippen LogP contribution in [-0.4, -0.2) is 26.8 Å². The van der Waals surface area contributed by atoms with Gasteiger partial charge in [0.15, 0.2) is 3.79 Å². The zero-order valence-corrected chi connectivity index (χ0v) is 15.4. The van der Waals surface area contributed by atoms with E-state index in [0.29, 0.717) is 12.0 Å². The Labute approximate surface area is 152 Å². The third-order valence-electron chi connectivity index (χ3n) is 5.73. The summed E-state index contributed by atoms with van der Waals surface area (Å²) in [4.78, 5) is 6.23. The number of benzene rings is 1. The van der Waals surface area contributed by atoms with Gasteiger partial charge in [0.1, 0.15) is 0 Å². The number of hydrogen-bond donors (Lipinski definition) is 1. The summed E-state index contributed by atoms with van der Waals surface area (Å²) in [6.45, 7) is 4.32. The lowest BCUT2D eigenvalue weighted by Crippen LogP contribution is -2.48. The maximum absolute atomic E-state index is 6.32. The topological polar surface area (TPSA) is 19.0 Å². The molecule has 2 nitrogen and oxygen atoms in total. The molecule has 124 valence electrons. The molecule has 3 heterocycles. The van der Waals surface area contributed by atoms with Crippen molar-refractivity contribution in [2.75, 3.05) is 13.1 Å². The van der Waals surface area contributed by atoms with Crippen molar-refractivity contribution < 1.29 is 0 Å². The van der Waals surface area contributed by atoms with Crippen molar-refractivity contribution >= 4 is 45.7 Å². The number of H-pyrrole nitrogens is 1. The Hall–Kier alpha value is -0.410. The summed E-state index contributed by atoms with van der Waals surface area (Å²) in [6.07, 6.45) is 3.07. The van der Waals surface area contributed by atoms with E-state index in [2.05, 4.69) is 41.1 Å². The molecule has 1 N–H and O–H groups in total. The fourth-order valence-electron chi connectivity index (χ4n) is 4.53. The Bertz CT molecular complexity index is 719. The van der Waals surface area contributed by atoms with Crippen LogP contribution in [0.5, 0.6) is 0 Å². The van der Waals surface area contributed by atoms with Crippen molar-refractivity contribution in [1.29, 1.82) is 0 Å². The molecule has 0 bridgehead atoms. The normalized spacial score (nSPS) is 28.6. The minimum absolute atomic E-state index is 0.108. The van der Waals surface area contributed by atoms with Gasteiger partial charge in [-0.3, -0.25) is 4.90 Å². The van der Waals surface area contributed by atoms with E-state index in [1.54, 1.807) is 0 Å². The van der Waals surface area contributed by atoms with Crippen LogP contribution in [0.15, 0.2) is 24.3 Å². The number of para-hydroxylation sites is 1. The SMILES string of the molecule is CC[C@H]1CN2CCc3c([nH]c4ccccc34)[C@H]2C[C@@H]1C(Cl)(Cl)Cl. The quantitative estimate of drug-likeness (QED) is 0.657. The number of hydrogen-bond acceptors (Lipinski definition) is 1. The highest BCUT2D eigenvalue weighted by molar-refractivity contribution is 6.67. The molecule has 4 rings (SSSR count). The molecule has 0 unspecified atom stereocenters. The molecule has 2 aliphatic rings. The summed E-state index contributed by atoms with van der Waals surface area (Å²) in [7, 11) is 0. The minimum atomic E-state index is -1.18. The van der Waals surface area contributed by atoms with Crippen molar-refractivity contribution in [2.45, 2.75) is 36.0 Å². The highest BCUT2D eigenvalue weighted by Gasteiger charge is 2.46. The molecule has 5 heteroatoms. The molecule has 1 aromatic heterocycles. The summed E-state index contributed by atoms with van der Waals surface area (Å²) in [5, 5.41) is 1.35. The van der Waals surface area contributed by atoms with Gasteiger partial charge in [0.2, 0.25) is 0 Å². The smallest absolute Gasteiger partial charge is 0.193 e. The van der Waals surface area contributed by atoms with Gasteiger partial charge < -0.3 is 4.98 Å². The van der Waals surface area contributed by atoms with Gasteiger partial charge in [-0.2, -0.15) is 0 Å².